The van der Waals surface area contributed by atoms with Crippen molar-refractivity contribution < 1.29 is 34.1 Å². The van der Waals surface area contributed by atoms with Crippen molar-refractivity contribution in [3.8, 4) is 22.6 Å². The first kappa shape index (κ1) is 26.1. The molecule has 0 aliphatic heterocycles. The van der Waals surface area contributed by atoms with Crippen molar-refractivity contribution in [1.82, 2.24) is 4.90 Å². The highest BCUT2D eigenvalue weighted by molar-refractivity contribution is 6.18. The maximum absolute atomic E-state index is 13.9. The fraction of sp³-hybridized carbons (Fsp3) is 0.448. The van der Waals surface area contributed by atoms with Gasteiger partial charge in [-0.05, 0) is 69.1 Å². The second-order valence-corrected chi connectivity index (χ2v) is 11.1. The predicted octanol–water partition coefficient (Wildman–Crippen LogP) is 1.67. The smallest absolute Gasteiger partial charge is 0.228 e. The largest absolute Gasteiger partial charge is 0.507 e. The monoisotopic (exact) mass is 520 g/mol. The third-order valence-electron chi connectivity index (χ3n) is 8.71. The Labute approximate surface area is 220 Å². The number of nitrogens with zero attached hydrogens (tertiary/aromatic N) is 1. The van der Waals surface area contributed by atoms with Crippen LogP contribution in [0.5, 0.6) is 11.5 Å². The number of carbonyl (C=O) groups excluding carboxylic acids is 4. The first-order valence-electron chi connectivity index (χ1n) is 12.7. The molecule has 0 aromatic heterocycles. The summed E-state index contributed by atoms with van der Waals surface area (Å²) in [4.78, 5) is 54.8. The maximum atomic E-state index is 13.9. The van der Waals surface area contributed by atoms with E-state index in [2.05, 4.69) is 0 Å². The Hall–Kier alpha value is -3.56. The number of nitrogens with two attached hydrogens (primary N) is 1. The summed E-state index contributed by atoms with van der Waals surface area (Å²) in [6.07, 6.45) is 0.0710. The first-order chi connectivity index (χ1) is 17.9. The number of phenolic OH excluding ortho intramolecular Hbond substituents is 1. The third-order valence-corrected chi connectivity index (χ3v) is 8.71. The zero-order valence-electron chi connectivity index (χ0n) is 21.9. The van der Waals surface area contributed by atoms with Crippen LogP contribution in [0.15, 0.2) is 30.3 Å². The van der Waals surface area contributed by atoms with Crippen molar-refractivity contribution in [2.75, 3.05) is 21.2 Å². The lowest BCUT2D eigenvalue weighted by atomic mass is 9.52. The number of methoxy groups -OCH3 is 1. The number of hydrogen-bond donors (Lipinski definition) is 3. The summed E-state index contributed by atoms with van der Waals surface area (Å²) >= 11 is 0. The number of ketones is 3. The standard InChI is InChI=1S/C29H32N2O7/c1-13-5-8-21(38-4)16(9-13)15-6-7-20(32)23-17(15)10-14-11-19-24(31(2)3)25(33)18(28(30)36)12-29(19,37)27(35)22(14)26(23)34/h5-9,14,18-19,22,24,32,37H,10-12H2,1-4H3,(H2,30,36). The van der Waals surface area contributed by atoms with Gasteiger partial charge < -0.3 is 20.7 Å². The quantitative estimate of drug-likeness (QED) is 0.516. The lowest BCUT2D eigenvalue weighted by Gasteiger charge is -2.53. The number of rotatable bonds is 4. The number of ether oxygens (including phenoxy) is 1. The van der Waals surface area contributed by atoms with Crippen molar-refractivity contribution >= 4 is 23.3 Å². The number of fused-ring (bicyclic) bond motifs is 3. The second-order valence-electron chi connectivity index (χ2n) is 11.1. The Bertz CT molecular complexity index is 1380. The Kier molecular flexibility index (Phi) is 6.19. The van der Waals surface area contributed by atoms with E-state index in [9.17, 15) is 29.4 Å². The number of Topliss-reactive ketones (excluding diaryl/α,β-unsaturated/α-hetero) is 3. The van der Waals surface area contributed by atoms with Gasteiger partial charge in [-0.2, -0.15) is 0 Å². The molecule has 6 atom stereocenters. The fourth-order valence-electron chi connectivity index (χ4n) is 7.00. The van der Waals surface area contributed by atoms with E-state index in [0.29, 0.717) is 17.7 Å². The lowest BCUT2D eigenvalue weighted by molar-refractivity contribution is -0.176. The average Bonchev–Trinajstić information content (AvgIpc) is 2.85. The second kappa shape index (κ2) is 9.03. The number of carbonyl (C=O) groups is 4. The molecule has 0 radical (unpaired) electrons. The topological polar surface area (TPSA) is 147 Å². The molecule has 9 heteroatoms. The van der Waals surface area contributed by atoms with E-state index in [1.54, 1.807) is 32.2 Å². The number of aliphatic hydroxyl groups is 1. The summed E-state index contributed by atoms with van der Waals surface area (Å²) in [6, 6.07) is 7.96. The van der Waals surface area contributed by atoms with Crippen LogP contribution in [0, 0.1) is 30.6 Å². The minimum atomic E-state index is -2.07. The van der Waals surface area contributed by atoms with Gasteiger partial charge in [0.05, 0.1) is 24.6 Å². The number of hydrogen-bond acceptors (Lipinski definition) is 8. The molecule has 38 heavy (non-hydrogen) atoms. The first-order valence-corrected chi connectivity index (χ1v) is 12.7. The van der Waals surface area contributed by atoms with Crippen LogP contribution in [0.3, 0.4) is 0 Å². The van der Waals surface area contributed by atoms with E-state index < -0.39 is 65.0 Å². The van der Waals surface area contributed by atoms with Crippen LogP contribution in [-0.2, 0) is 20.8 Å². The SMILES string of the molecule is COc1ccc(C)cc1-c1ccc(O)c2c1CC1CC3C(N(C)C)C(=O)C(C(N)=O)CC3(O)C(=O)C1C2=O. The number of phenols is 1. The van der Waals surface area contributed by atoms with Gasteiger partial charge in [-0.15, -0.1) is 0 Å². The molecule has 2 aromatic carbocycles. The summed E-state index contributed by atoms with van der Waals surface area (Å²) in [5.41, 5.74) is 6.55. The van der Waals surface area contributed by atoms with Crippen LogP contribution in [0.2, 0.25) is 0 Å². The Morgan fingerprint density at radius 2 is 1.84 bits per heavy atom. The van der Waals surface area contributed by atoms with Crippen LogP contribution in [0.1, 0.15) is 34.3 Å². The number of aromatic hydroxyl groups is 1. The summed E-state index contributed by atoms with van der Waals surface area (Å²) in [5, 5.41) is 22.5. The summed E-state index contributed by atoms with van der Waals surface area (Å²) < 4.78 is 5.58. The highest BCUT2D eigenvalue weighted by atomic mass is 16.5. The molecule has 0 heterocycles. The Morgan fingerprint density at radius 1 is 1.13 bits per heavy atom. The maximum Gasteiger partial charge on any atom is 0.228 e. The molecule has 2 fully saturated rings. The average molecular weight is 521 g/mol. The van der Waals surface area contributed by atoms with Gasteiger partial charge in [0.15, 0.2) is 17.3 Å². The van der Waals surface area contributed by atoms with Crippen molar-refractivity contribution in [2.45, 2.75) is 37.8 Å². The van der Waals surface area contributed by atoms with E-state index in [1.807, 2.05) is 25.1 Å². The molecule has 3 aliphatic carbocycles. The van der Waals surface area contributed by atoms with Gasteiger partial charge in [-0.25, -0.2) is 0 Å². The number of amides is 1. The number of likely N-dealkylation sites (N-methyl/N-ethyl adjacent to an activating group) is 1. The van der Waals surface area contributed by atoms with Gasteiger partial charge in [0, 0.05) is 17.9 Å². The van der Waals surface area contributed by atoms with E-state index in [0.717, 1.165) is 16.7 Å². The molecule has 4 N–H and O–H groups in total. The number of benzene rings is 2. The zero-order valence-corrected chi connectivity index (χ0v) is 21.9. The van der Waals surface area contributed by atoms with Crippen LogP contribution in [0.4, 0.5) is 0 Å². The Morgan fingerprint density at radius 3 is 2.47 bits per heavy atom. The highest BCUT2D eigenvalue weighted by Crippen LogP contribution is 2.53. The van der Waals surface area contributed by atoms with Gasteiger partial charge in [-0.3, -0.25) is 24.1 Å². The molecule has 1 amide bonds. The number of aryl methyl sites for hydroxylation is 1. The van der Waals surface area contributed by atoms with Crippen molar-refractivity contribution in [1.29, 1.82) is 0 Å². The van der Waals surface area contributed by atoms with Crippen molar-refractivity contribution in [2.24, 2.45) is 29.4 Å². The van der Waals surface area contributed by atoms with Gasteiger partial charge in [0.25, 0.3) is 0 Å². The molecule has 2 aromatic rings. The molecular weight excluding hydrogens is 488 g/mol. The van der Waals surface area contributed by atoms with E-state index in [1.165, 1.54) is 6.07 Å². The lowest BCUT2D eigenvalue weighted by Crippen LogP contribution is -2.69. The van der Waals surface area contributed by atoms with Crippen LogP contribution < -0.4 is 10.5 Å². The zero-order chi connectivity index (χ0) is 27.7. The fourth-order valence-corrected chi connectivity index (χ4v) is 7.00. The van der Waals surface area contributed by atoms with Gasteiger partial charge in [0.1, 0.15) is 23.0 Å². The molecule has 0 spiro atoms. The minimum absolute atomic E-state index is 0.0604. The van der Waals surface area contributed by atoms with Crippen molar-refractivity contribution in [3.63, 3.8) is 0 Å². The van der Waals surface area contributed by atoms with Crippen LogP contribution in [0.25, 0.3) is 11.1 Å². The minimum Gasteiger partial charge on any atom is -0.507 e. The van der Waals surface area contributed by atoms with E-state index in [4.69, 9.17) is 10.5 Å². The van der Waals surface area contributed by atoms with Crippen LogP contribution in [-0.4, -0.2) is 71.2 Å². The predicted molar refractivity (Wildman–Crippen MR) is 138 cm³/mol. The van der Waals surface area contributed by atoms with Crippen LogP contribution >= 0.6 is 0 Å². The van der Waals surface area contributed by atoms with Gasteiger partial charge >= 0.3 is 0 Å². The number of primary amides is 1. The Balaban J connectivity index is 1.65. The molecule has 3 aliphatic rings. The molecule has 6 unspecified atom stereocenters. The summed E-state index contributed by atoms with van der Waals surface area (Å²) in [6.45, 7) is 1.94. The molecule has 0 saturated heterocycles. The van der Waals surface area contributed by atoms with Crippen molar-refractivity contribution in [3.05, 3.63) is 47.0 Å². The molecule has 200 valence electrons. The summed E-state index contributed by atoms with van der Waals surface area (Å²) in [7, 11) is 4.87. The molecule has 0 bridgehead atoms. The third kappa shape index (κ3) is 3.67. The molecular formula is C29H32N2O7. The normalized spacial score (nSPS) is 30.5. The van der Waals surface area contributed by atoms with Gasteiger partial charge in [0.2, 0.25) is 5.91 Å². The molecule has 5 rings (SSSR count). The summed E-state index contributed by atoms with van der Waals surface area (Å²) in [5.74, 6) is -6.06. The van der Waals surface area contributed by atoms with E-state index >= 15 is 0 Å². The molecule has 2 saturated carbocycles. The van der Waals surface area contributed by atoms with Gasteiger partial charge in [-0.1, -0.05) is 17.7 Å². The highest BCUT2D eigenvalue weighted by Gasteiger charge is 2.64. The molecule has 9 nitrogen and oxygen atoms in total. The van der Waals surface area contributed by atoms with E-state index in [-0.39, 0.29) is 17.7 Å².